The molecule has 4 heteroatoms. The van der Waals surface area contributed by atoms with E-state index in [4.69, 9.17) is 11.6 Å². The van der Waals surface area contributed by atoms with Crippen LogP contribution in [0.3, 0.4) is 0 Å². The molecule has 1 aliphatic carbocycles. The predicted molar refractivity (Wildman–Crippen MR) is 92.7 cm³/mol. The molecule has 1 atom stereocenters. The summed E-state index contributed by atoms with van der Waals surface area (Å²) >= 11 is 13.0. The van der Waals surface area contributed by atoms with E-state index in [2.05, 4.69) is 55.4 Å². The van der Waals surface area contributed by atoms with Crippen LogP contribution in [0.2, 0.25) is 5.02 Å². The molecule has 1 nitrogen and oxygen atoms in total. The third-order valence-electron chi connectivity index (χ3n) is 3.69. The lowest BCUT2D eigenvalue weighted by Gasteiger charge is -2.26. The fourth-order valence-electron chi connectivity index (χ4n) is 2.67. The van der Waals surface area contributed by atoms with Gasteiger partial charge in [-0.15, -0.1) is 0 Å². The van der Waals surface area contributed by atoms with Gasteiger partial charge >= 0.3 is 0 Å². The van der Waals surface area contributed by atoms with Gasteiger partial charge in [0, 0.05) is 20.7 Å². The Labute approximate surface area is 141 Å². The summed E-state index contributed by atoms with van der Waals surface area (Å²) in [5.74, 6) is 0. The van der Waals surface area contributed by atoms with E-state index in [1.807, 2.05) is 18.2 Å². The van der Waals surface area contributed by atoms with Crippen LogP contribution >= 0.6 is 43.5 Å². The van der Waals surface area contributed by atoms with Crippen molar-refractivity contribution in [2.45, 2.75) is 25.3 Å². The monoisotopic (exact) mass is 413 g/mol. The second-order valence-electron chi connectivity index (χ2n) is 5.13. The minimum absolute atomic E-state index is 0.483. The average molecular weight is 416 g/mol. The smallest absolute Gasteiger partial charge is 0.0549 e. The van der Waals surface area contributed by atoms with Crippen molar-refractivity contribution in [3.8, 4) is 0 Å². The van der Waals surface area contributed by atoms with Gasteiger partial charge in [-0.05, 0) is 76.7 Å². The van der Waals surface area contributed by atoms with Crippen molar-refractivity contribution in [3.05, 3.63) is 61.5 Å². The first kappa shape index (κ1) is 14.4. The molecule has 0 fully saturated rings. The van der Waals surface area contributed by atoms with Crippen molar-refractivity contribution in [1.29, 1.82) is 0 Å². The van der Waals surface area contributed by atoms with Gasteiger partial charge < -0.3 is 5.32 Å². The molecule has 0 heterocycles. The molecule has 1 aliphatic rings. The lowest BCUT2D eigenvalue weighted by atomic mass is 9.88. The number of halogens is 3. The third-order valence-corrected chi connectivity index (χ3v) is 5.39. The number of anilines is 1. The van der Waals surface area contributed by atoms with E-state index in [0.29, 0.717) is 6.04 Å². The van der Waals surface area contributed by atoms with Crippen molar-refractivity contribution in [2.75, 3.05) is 5.32 Å². The topological polar surface area (TPSA) is 12.0 Å². The van der Waals surface area contributed by atoms with Crippen molar-refractivity contribution >= 4 is 49.1 Å². The number of nitrogens with one attached hydrogen (secondary N) is 1. The Balaban J connectivity index is 1.74. The molecular formula is C16H14Br2ClN. The maximum atomic E-state index is 6.03. The van der Waals surface area contributed by atoms with Gasteiger partial charge in [-0.2, -0.15) is 0 Å². The van der Waals surface area contributed by atoms with Crippen LogP contribution in [0.4, 0.5) is 5.69 Å². The second kappa shape index (κ2) is 6.08. The van der Waals surface area contributed by atoms with Gasteiger partial charge in [-0.3, -0.25) is 0 Å². The van der Waals surface area contributed by atoms with Crippen LogP contribution < -0.4 is 5.32 Å². The molecule has 1 unspecified atom stereocenters. The fourth-order valence-corrected chi connectivity index (χ4v) is 3.57. The molecule has 0 bridgehead atoms. The summed E-state index contributed by atoms with van der Waals surface area (Å²) < 4.78 is 2.11. The van der Waals surface area contributed by atoms with Crippen LogP contribution in [0.1, 0.15) is 17.5 Å². The minimum atomic E-state index is 0.483. The standard InChI is InChI=1S/C16H14Br2ClN/c17-12-3-1-11-8-13(4-2-10(11)7-12)20-14-5-6-16(19)15(18)9-14/h1,3,5-7,9,13,20H,2,4,8H2. The number of benzene rings is 2. The van der Waals surface area contributed by atoms with E-state index in [-0.39, 0.29) is 0 Å². The minimum Gasteiger partial charge on any atom is -0.382 e. The van der Waals surface area contributed by atoms with Gasteiger partial charge in [0.2, 0.25) is 0 Å². The molecule has 3 rings (SSSR count). The Hall–Kier alpha value is -0.510. The second-order valence-corrected chi connectivity index (χ2v) is 7.30. The van der Waals surface area contributed by atoms with E-state index < -0.39 is 0 Å². The Morgan fingerprint density at radius 1 is 1.05 bits per heavy atom. The maximum absolute atomic E-state index is 6.03. The van der Waals surface area contributed by atoms with Crippen LogP contribution in [-0.4, -0.2) is 6.04 Å². The Morgan fingerprint density at radius 3 is 2.70 bits per heavy atom. The highest BCUT2D eigenvalue weighted by Gasteiger charge is 2.18. The molecule has 20 heavy (non-hydrogen) atoms. The molecule has 2 aromatic rings. The van der Waals surface area contributed by atoms with E-state index >= 15 is 0 Å². The SMILES string of the molecule is Clc1ccc(NC2CCc3cc(Br)ccc3C2)cc1Br. The first-order valence-corrected chi connectivity index (χ1v) is 8.57. The van der Waals surface area contributed by atoms with Gasteiger partial charge in [0.05, 0.1) is 5.02 Å². The van der Waals surface area contributed by atoms with E-state index in [0.717, 1.165) is 34.4 Å². The molecule has 0 aromatic heterocycles. The zero-order valence-corrected chi connectivity index (χ0v) is 14.7. The number of hydrogen-bond acceptors (Lipinski definition) is 1. The van der Waals surface area contributed by atoms with Crippen LogP contribution in [-0.2, 0) is 12.8 Å². The predicted octanol–water partition coefficient (Wildman–Crippen LogP) is 5.83. The zero-order valence-electron chi connectivity index (χ0n) is 10.8. The van der Waals surface area contributed by atoms with Crippen molar-refractivity contribution in [2.24, 2.45) is 0 Å². The highest BCUT2D eigenvalue weighted by atomic mass is 79.9. The summed E-state index contributed by atoms with van der Waals surface area (Å²) in [5, 5.41) is 4.35. The van der Waals surface area contributed by atoms with Gasteiger partial charge in [0.15, 0.2) is 0 Å². The van der Waals surface area contributed by atoms with Gasteiger partial charge in [0.1, 0.15) is 0 Å². The lowest BCUT2D eigenvalue weighted by molar-refractivity contribution is 0.610. The van der Waals surface area contributed by atoms with E-state index in [1.165, 1.54) is 15.6 Å². The number of fused-ring (bicyclic) bond motifs is 1. The summed E-state index contributed by atoms with van der Waals surface area (Å²) in [6.45, 7) is 0. The maximum Gasteiger partial charge on any atom is 0.0549 e. The van der Waals surface area contributed by atoms with Crippen LogP contribution in [0.25, 0.3) is 0 Å². The van der Waals surface area contributed by atoms with E-state index in [1.54, 1.807) is 0 Å². The largest absolute Gasteiger partial charge is 0.382 e. The molecule has 1 N–H and O–H groups in total. The number of aryl methyl sites for hydroxylation is 1. The van der Waals surface area contributed by atoms with Gasteiger partial charge in [-0.25, -0.2) is 0 Å². The molecule has 104 valence electrons. The summed E-state index contributed by atoms with van der Waals surface area (Å²) in [4.78, 5) is 0. The number of hydrogen-bond donors (Lipinski definition) is 1. The van der Waals surface area contributed by atoms with Crippen molar-refractivity contribution in [1.82, 2.24) is 0 Å². The van der Waals surface area contributed by atoms with Crippen LogP contribution in [0.5, 0.6) is 0 Å². The average Bonchev–Trinajstić information content (AvgIpc) is 2.43. The molecule has 0 radical (unpaired) electrons. The molecule has 0 saturated heterocycles. The summed E-state index contributed by atoms with van der Waals surface area (Å²) in [5.41, 5.74) is 4.03. The molecular weight excluding hydrogens is 401 g/mol. The Bertz CT molecular complexity index is 642. The molecule has 0 amide bonds. The zero-order chi connectivity index (χ0) is 14.1. The summed E-state index contributed by atoms with van der Waals surface area (Å²) in [7, 11) is 0. The first-order valence-electron chi connectivity index (χ1n) is 6.61. The molecule has 0 spiro atoms. The quantitative estimate of drug-likeness (QED) is 0.650. The van der Waals surface area contributed by atoms with Crippen LogP contribution in [0, 0.1) is 0 Å². The van der Waals surface area contributed by atoms with E-state index in [9.17, 15) is 0 Å². The van der Waals surface area contributed by atoms with Crippen LogP contribution in [0.15, 0.2) is 45.3 Å². The normalized spacial score (nSPS) is 17.6. The molecule has 0 aliphatic heterocycles. The number of rotatable bonds is 2. The van der Waals surface area contributed by atoms with Crippen molar-refractivity contribution < 1.29 is 0 Å². The lowest BCUT2D eigenvalue weighted by Crippen LogP contribution is -2.27. The van der Waals surface area contributed by atoms with Crippen molar-refractivity contribution in [3.63, 3.8) is 0 Å². The Kier molecular flexibility index (Phi) is 4.39. The van der Waals surface area contributed by atoms with Gasteiger partial charge in [-0.1, -0.05) is 33.6 Å². The first-order chi connectivity index (χ1) is 9.61. The highest BCUT2D eigenvalue weighted by molar-refractivity contribution is 9.10. The fraction of sp³-hybridized carbons (Fsp3) is 0.250. The summed E-state index contributed by atoms with van der Waals surface area (Å²) in [6, 6.07) is 13.1. The van der Waals surface area contributed by atoms with Gasteiger partial charge in [0.25, 0.3) is 0 Å². The third kappa shape index (κ3) is 3.21. The summed E-state index contributed by atoms with van der Waals surface area (Å²) in [6.07, 6.45) is 3.35. The molecule has 0 saturated carbocycles. The highest BCUT2D eigenvalue weighted by Crippen LogP contribution is 2.29. The molecule has 2 aromatic carbocycles. The Morgan fingerprint density at radius 2 is 1.90 bits per heavy atom.